The van der Waals surface area contributed by atoms with Crippen LogP contribution in [0.25, 0.3) is 11.0 Å². The number of hydrogen-bond donors (Lipinski definition) is 1. The molecule has 0 aliphatic carbocycles. The predicted octanol–water partition coefficient (Wildman–Crippen LogP) is 5.19. The fourth-order valence-corrected chi connectivity index (χ4v) is 3.63. The Morgan fingerprint density at radius 3 is 2.52 bits per heavy atom. The molecule has 0 aliphatic heterocycles. The van der Waals surface area contributed by atoms with E-state index < -0.39 is 0 Å². The number of carbonyl (C=O) groups is 2. The van der Waals surface area contributed by atoms with Crippen LogP contribution in [0.5, 0.6) is 0 Å². The quantitative estimate of drug-likeness (QED) is 0.451. The first kappa shape index (κ1) is 20.8. The molecule has 0 fully saturated rings. The van der Waals surface area contributed by atoms with Crippen molar-refractivity contribution in [2.24, 2.45) is 0 Å². The van der Waals surface area contributed by atoms with Gasteiger partial charge >= 0.3 is 0 Å². The lowest BCUT2D eigenvalue weighted by Gasteiger charge is -2.21. The molecule has 0 atom stereocenters. The van der Waals surface area contributed by atoms with Gasteiger partial charge in [-0.2, -0.15) is 0 Å². The van der Waals surface area contributed by atoms with E-state index in [-0.39, 0.29) is 24.1 Å². The van der Waals surface area contributed by atoms with E-state index in [9.17, 15) is 9.59 Å². The first-order chi connectivity index (χ1) is 15.0. The van der Waals surface area contributed by atoms with Crippen molar-refractivity contribution < 1.29 is 18.4 Å². The third kappa shape index (κ3) is 4.34. The van der Waals surface area contributed by atoms with Gasteiger partial charge in [-0.15, -0.1) is 0 Å². The number of carbonyl (C=O) groups excluding carboxylic acids is 2. The van der Waals surface area contributed by atoms with Crippen LogP contribution in [0.4, 0.5) is 0 Å². The minimum absolute atomic E-state index is 0.161. The van der Waals surface area contributed by atoms with E-state index in [0.717, 1.165) is 16.5 Å². The maximum atomic E-state index is 13.5. The maximum absolute atomic E-state index is 13.5. The summed E-state index contributed by atoms with van der Waals surface area (Å²) in [7, 11) is 1.59. The van der Waals surface area contributed by atoms with Crippen LogP contribution in [-0.2, 0) is 13.1 Å². The molecule has 158 valence electrons. The first-order valence-corrected chi connectivity index (χ1v) is 10.2. The van der Waals surface area contributed by atoms with Crippen molar-refractivity contribution >= 4 is 34.4 Å². The van der Waals surface area contributed by atoms with Gasteiger partial charge in [-0.05, 0) is 55.0 Å². The SMILES string of the molecule is CNC(=O)c1ccc(CN(Cc2ccco2)C(=O)c2oc3ccc(Cl)cc3c2C)cc1. The zero-order valence-corrected chi connectivity index (χ0v) is 17.9. The Bertz CT molecular complexity index is 1230. The molecule has 2 amide bonds. The van der Waals surface area contributed by atoms with E-state index in [2.05, 4.69) is 5.32 Å². The number of nitrogens with zero attached hydrogens (tertiary/aromatic N) is 1. The molecule has 1 N–H and O–H groups in total. The van der Waals surface area contributed by atoms with Crippen molar-refractivity contribution in [2.45, 2.75) is 20.0 Å². The van der Waals surface area contributed by atoms with Crippen molar-refractivity contribution in [3.63, 3.8) is 0 Å². The molecular formula is C24H21ClN2O4. The number of fused-ring (bicyclic) bond motifs is 1. The van der Waals surface area contributed by atoms with Gasteiger partial charge in [0.15, 0.2) is 5.76 Å². The van der Waals surface area contributed by atoms with Crippen molar-refractivity contribution in [2.75, 3.05) is 7.05 Å². The molecule has 31 heavy (non-hydrogen) atoms. The lowest BCUT2D eigenvalue weighted by Crippen LogP contribution is -2.30. The summed E-state index contributed by atoms with van der Waals surface area (Å²) in [6.07, 6.45) is 1.57. The van der Waals surface area contributed by atoms with Gasteiger partial charge in [0.25, 0.3) is 11.8 Å². The summed E-state index contributed by atoms with van der Waals surface area (Å²) in [6.45, 7) is 2.45. The van der Waals surface area contributed by atoms with Crippen LogP contribution in [0.1, 0.15) is 37.8 Å². The maximum Gasteiger partial charge on any atom is 0.290 e. The van der Waals surface area contributed by atoms with Gasteiger partial charge in [0.1, 0.15) is 11.3 Å². The van der Waals surface area contributed by atoms with E-state index in [4.69, 9.17) is 20.4 Å². The summed E-state index contributed by atoms with van der Waals surface area (Å²) in [6, 6.07) is 16.0. The summed E-state index contributed by atoms with van der Waals surface area (Å²) in [5, 5.41) is 3.99. The Hall–Kier alpha value is -3.51. The zero-order chi connectivity index (χ0) is 22.0. The summed E-state index contributed by atoms with van der Waals surface area (Å²) in [5.74, 6) is 0.515. The molecule has 6 nitrogen and oxygen atoms in total. The van der Waals surface area contributed by atoms with Crippen molar-refractivity contribution in [3.8, 4) is 0 Å². The fraction of sp³-hybridized carbons (Fsp3) is 0.167. The minimum atomic E-state index is -0.253. The van der Waals surface area contributed by atoms with Crippen LogP contribution in [0.15, 0.2) is 69.7 Å². The zero-order valence-electron chi connectivity index (χ0n) is 17.1. The molecule has 2 aromatic heterocycles. The number of furan rings is 2. The minimum Gasteiger partial charge on any atom is -0.467 e. The topological polar surface area (TPSA) is 75.7 Å². The Morgan fingerprint density at radius 2 is 1.84 bits per heavy atom. The molecular weight excluding hydrogens is 416 g/mol. The summed E-state index contributed by atoms with van der Waals surface area (Å²) >= 11 is 6.11. The Kier molecular flexibility index (Phi) is 5.82. The molecule has 0 spiro atoms. The van der Waals surface area contributed by atoms with Crippen molar-refractivity contribution in [1.82, 2.24) is 10.2 Å². The van der Waals surface area contributed by atoms with Crippen LogP contribution in [0.2, 0.25) is 5.02 Å². The Labute approximate surface area is 184 Å². The highest BCUT2D eigenvalue weighted by Crippen LogP contribution is 2.29. The number of benzene rings is 2. The van der Waals surface area contributed by atoms with E-state index in [1.54, 1.807) is 54.6 Å². The van der Waals surface area contributed by atoms with Crippen molar-refractivity contribution in [1.29, 1.82) is 0 Å². The van der Waals surface area contributed by atoms with Gasteiger partial charge in [-0.3, -0.25) is 9.59 Å². The van der Waals surface area contributed by atoms with Gasteiger partial charge < -0.3 is 19.1 Å². The Morgan fingerprint density at radius 1 is 1.06 bits per heavy atom. The normalized spacial score (nSPS) is 10.9. The molecule has 2 aromatic carbocycles. The molecule has 0 unspecified atom stereocenters. The predicted molar refractivity (Wildman–Crippen MR) is 118 cm³/mol. The molecule has 4 rings (SSSR count). The number of nitrogens with one attached hydrogen (secondary N) is 1. The average molecular weight is 437 g/mol. The Balaban J connectivity index is 1.65. The second-order valence-corrected chi connectivity index (χ2v) is 7.65. The standard InChI is InChI=1S/C24H21ClN2O4/c1-15-20-12-18(25)9-10-21(20)31-22(15)24(29)27(14-19-4-3-11-30-19)13-16-5-7-17(8-6-16)23(28)26-2/h3-12H,13-14H2,1-2H3,(H,26,28). The van der Waals surface area contributed by atoms with Gasteiger partial charge in [0, 0.05) is 35.1 Å². The highest BCUT2D eigenvalue weighted by atomic mass is 35.5. The van der Waals surface area contributed by atoms with Gasteiger partial charge in [0.05, 0.1) is 12.8 Å². The lowest BCUT2D eigenvalue weighted by atomic mass is 10.1. The molecule has 0 saturated carbocycles. The molecule has 2 heterocycles. The molecule has 7 heteroatoms. The molecule has 0 radical (unpaired) electrons. The molecule has 0 aliphatic rings. The summed E-state index contributed by atoms with van der Waals surface area (Å²) < 4.78 is 11.3. The number of amides is 2. The molecule has 0 bridgehead atoms. The highest BCUT2D eigenvalue weighted by Gasteiger charge is 2.24. The smallest absolute Gasteiger partial charge is 0.290 e. The number of halogens is 1. The van der Waals surface area contributed by atoms with Crippen LogP contribution < -0.4 is 5.32 Å². The van der Waals surface area contributed by atoms with Gasteiger partial charge in [0.2, 0.25) is 0 Å². The van der Waals surface area contributed by atoms with E-state index in [0.29, 0.717) is 28.5 Å². The number of hydrogen-bond acceptors (Lipinski definition) is 4. The van der Waals surface area contributed by atoms with E-state index in [1.807, 2.05) is 25.1 Å². The molecule has 4 aromatic rings. The highest BCUT2D eigenvalue weighted by molar-refractivity contribution is 6.31. The van der Waals surface area contributed by atoms with Crippen LogP contribution in [0, 0.1) is 6.92 Å². The first-order valence-electron chi connectivity index (χ1n) is 9.77. The average Bonchev–Trinajstić information content (AvgIpc) is 3.41. The second kappa shape index (κ2) is 8.70. The largest absolute Gasteiger partial charge is 0.467 e. The summed E-state index contributed by atoms with van der Waals surface area (Å²) in [5.41, 5.74) is 2.78. The van der Waals surface area contributed by atoms with Crippen molar-refractivity contribution in [3.05, 3.63) is 94.1 Å². The lowest BCUT2D eigenvalue weighted by molar-refractivity contribution is 0.0686. The van der Waals surface area contributed by atoms with E-state index >= 15 is 0 Å². The monoisotopic (exact) mass is 436 g/mol. The van der Waals surface area contributed by atoms with Crippen LogP contribution >= 0.6 is 11.6 Å². The summed E-state index contributed by atoms with van der Waals surface area (Å²) in [4.78, 5) is 26.9. The van der Waals surface area contributed by atoms with E-state index in [1.165, 1.54) is 0 Å². The molecule has 0 saturated heterocycles. The van der Waals surface area contributed by atoms with Gasteiger partial charge in [-0.25, -0.2) is 0 Å². The second-order valence-electron chi connectivity index (χ2n) is 7.21. The van der Waals surface area contributed by atoms with Gasteiger partial charge in [-0.1, -0.05) is 23.7 Å². The number of aryl methyl sites for hydroxylation is 1. The number of rotatable bonds is 6. The van der Waals surface area contributed by atoms with Crippen LogP contribution in [-0.4, -0.2) is 23.8 Å². The third-order valence-corrected chi connectivity index (χ3v) is 5.36. The fourth-order valence-electron chi connectivity index (χ4n) is 3.46. The van der Waals surface area contributed by atoms with Crippen LogP contribution in [0.3, 0.4) is 0 Å². The third-order valence-electron chi connectivity index (χ3n) is 5.12.